The summed E-state index contributed by atoms with van der Waals surface area (Å²) in [6, 6.07) is 0.819. The smallest absolute Gasteiger partial charge is 0.239 e. The van der Waals surface area contributed by atoms with Gasteiger partial charge in [-0.1, -0.05) is 6.92 Å². The van der Waals surface area contributed by atoms with E-state index in [-0.39, 0.29) is 11.9 Å². The van der Waals surface area contributed by atoms with Crippen LogP contribution in [-0.2, 0) is 4.79 Å². The van der Waals surface area contributed by atoms with Crippen LogP contribution in [0.15, 0.2) is 0 Å². The molecule has 2 aliphatic rings. The number of carbonyl (C=O) groups is 1. The molecule has 122 valence electrons. The quantitative estimate of drug-likeness (QED) is 0.724. The molecule has 5 heteroatoms. The third-order valence-corrected chi connectivity index (χ3v) is 4.99. The molecule has 1 saturated carbocycles. The maximum Gasteiger partial charge on any atom is 0.239 e. The van der Waals surface area contributed by atoms with Crippen LogP contribution in [0.1, 0.15) is 40.5 Å². The average molecular weight is 296 g/mol. The van der Waals surface area contributed by atoms with E-state index in [9.17, 15) is 4.79 Å². The number of nitrogens with two attached hydrogens (primary N) is 1. The molecule has 5 nitrogen and oxygen atoms in total. The molecule has 0 spiro atoms. The van der Waals surface area contributed by atoms with Crippen LogP contribution in [0, 0.1) is 5.92 Å². The molecule has 2 rings (SSSR count). The first-order valence-corrected chi connectivity index (χ1v) is 8.43. The van der Waals surface area contributed by atoms with E-state index in [0.29, 0.717) is 12.0 Å². The van der Waals surface area contributed by atoms with E-state index in [0.717, 1.165) is 45.6 Å². The summed E-state index contributed by atoms with van der Waals surface area (Å²) in [6.07, 6.45) is 2.24. The molecule has 2 unspecified atom stereocenters. The van der Waals surface area contributed by atoms with Crippen LogP contribution >= 0.6 is 0 Å². The van der Waals surface area contributed by atoms with Gasteiger partial charge in [-0.3, -0.25) is 19.9 Å². The summed E-state index contributed by atoms with van der Waals surface area (Å²) >= 11 is 0. The lowest BCUT2D eigenvalue weighted by Gasteiger charge is -2.44. The van der Waals surface area contributed by atoms with Gasteiger partial charge in [-0.05, 0) is 46.1 Å². The second-order valence-electron chi connectivity index (χ2n) is 7.12. The summed E-state index contributed by atoms with van der Waals surface area (Å²) in [5.41, 5.74) is 5.29. The molecule has 0 aromatic rings. The summed E-state index contributed by atoms with van der Waals surface area (Å²) in [6.45, 7) is 13.7. The standard InChI is InChI=1S/C16H32N4O/c1-5-20-9-8-19(10-13(20)4)11-16(15(17)21,14-6-7-14)18-12(2)3/h12-14,18H,5-11H2,1-4H3,(H2,17,21). The monoisotopic (exact) mass is 296 g/mol. The minimum Gasteiger partial charge on any atom is -0.368 e. The lowest BCUT2D eigenvalue weighted by Crippen LogP contribution is -2.66. The van der Waals surface area contributed by atoms with Gasteiger partial charge in [0.2, 0.25) is 5.91 Å². The Hall–Kier alpha value is -0.650. The number of amides is 1. The van der Waals surface area contributed by atoms with Crippen LogP contribution in [0.2, 0.25) is 0 Å². The number of nitrogens with zero attached hydrogens (tertiary/aromatic N) is 2. The minimum absolute atomic E-state index is 0.177. The van der Waals surface area contributed by atoms with Crippen molar-refractivity contribution in [2.24, 2.45) is 11.7 Å². The second kappa shape index (κ2) is 6.63. The van der Waals surface area contributed by atoms with Crippen molar-refractivity contribution in [3.05, 3.63) is 0 Å². The van der Waals surface area contributed by atoms with E-state index >= 15 is 0 Å². The Labute approximate surface area is 129 Å². The van der Waals surface area contributed by atoms with Gasteiger partial charge in [0.05, 0.1) is 0 Å². The number of hydrogen-bond acceptors (Lipinski definition) is 4. The zero-order valence-corrected chi connectivity index (χ0v) is 14.1. The van der Waals surface area contributed by atoms with Gasteiger partial charge in [0.25, 0.3) is 0 Å². The summed E-state index contributed by atoms with van der Waals surface area (Å²) in [7, 11) is 0. The zero-order valence-electron chi connectivity index (χ0n) is 14.1. The SMILES string of the molecule is CCN1CCN(CC(NC(C)C)(C(N)=O)C2CC2)CC1C. The molecule has 1 aliphatic heterocycles. The van der Waals surface area contributed by atoms with Crippen LogP contribution in [0.4, 0.5) is 0 Å². The van der Waals surface area contributed by atoms with Crippen molar-refractivity contribution >= 4 is 5.91 Å². The molecule has 2 atom stereocenters. The Bertz CT molecular complexity index is 369. The van der Waals surface area contributed by atoms with Gasteiger partial charge >= 0.3 is 0 Å². The molecule has 0 radical (unpaired) electrons. The molecule has 0 aromatic carbocycles. The van der Waals surface area contributed by atoms with Gasteiger partial charge in [-0.2, -0.15) is 0 Å². The molecule has 0 aromatic heterocycles. The Morgan fingerprint density at radius 2 is 2.05 bits per heavy atom. The van der Waals surface area contributed by atoms with Crippen LogP contribution in [-0.4, -0.2) is 66.1 Å². The summed E-state index contributed by atoms with van der Waals surface area (Å²) < 4.78 is 0. The molecule has 1 aliphatic carbocycles. The highest BCUT2D eigenvalue weighted by molar-refractivity contribution is 5.86. The molecular formula is C16H32N4O. The van der Waals surface area contributed by atoms with Crippen LogP contribution in [0.25, 0.3) is 0 Å². The molecule has 1 saturated heterocycles. The van der Waals surface area contributed by atoms with E-state index in [4.69, 9.17) is 5.73 Å². The zero-order chi connectivity index (χ0) is 15.6. The van der Waals surface area contributed by atoms with E-state index < -0.39 is 5.54 Å². The second-order valence-corrected chi connectivity index (χ2v) is 7.12. The van der Waals surface area contributed by atoms with E-state index in [1.165, 1.54) is 0 Å². The molecule has 21 heavy (non-hydrogen) atoms. The summed E-state index contributed by atoms with van der Waals surface area (Å²) in [4.78, 5) is 17.2. The highest BCUT2D eigenvalue weighted by Crippen LogP contribution is 2.40. The van der Waals surface area contributed by atoms with Gasteiger partial charge in [0, 0.05) is 38.3 Å². The van der Waals surface area contributed by atoms with Crippen molar-refractivity contribution < 1.29 is 4.79 Å². The average Bonchev–Trinajstić information content (AvgIpc) is 3.21. The van der Waals surface area contributed by atoms with Crippen molar-refractivity contribution in [2.75, 3.05) is 32.7 Å². The number of rotatable bonds is 7. The predicted octanol–water partition coefficient (Wildman–Crippen LogP) is 0.645. The van der Waals surface area contributed by atoms with E-state index in [1.54, 1.807) is 0 Å². The maximum absolute atomic E-state index is 12.2. The van der Waals surface area contributed by atoms with Gasteiger partial charge in [-0.25, -0.2) is 0 Å². The van der Waals surface area contributed by atoms with Gasteiger partial charge in [-0.15, -0.1) is 0 Å². The molecule has 2 fully saturated rings. The Kier molecular flexibility index (Phi) is 5.28. The fourth-order valence-electron chi connectivity index (χ4n) is 3.77. The normalized spacial score (nSPS) is 27.8. The number of primary amides is 1. The van der Waals surface area contributed by atoms with E-state index in [2.05, 4.69) is 42.8 Å². The summed E-state index contributed by atoms with van der Waals surface area (Å²) in [5.74, 6) is 0.237. The number of hydrogen-bond donors (Lipinski definition) is 2. The number of piperazine rings is 1. The first-order chi connectivity index (χ1) is 9.89. The Balaban J connectivity index is 2.07. The predicted molar refractivity (Wildman–Crippen MR) is 86.1 cm³/mol. The maximum atomic E-state index is 12.2. The van der Waals surface area contributed by atoms with Crippen molar-refractivity contribution in [3.8, 4) is 0 Å². The van der Waals surface area contributed by atoms with Crippen LogP contribution < -0.4 is 11.1 Å². The van der Waals surface area contributed by atoms with Crippen molar-refractivity contribution in [1.82, 2.24) is 15.1 Å². The van der Waals surface area contributed by atoms with Crippen molar-refractivity contribution in [2.45, 2.75) is 58.2 Å². The fourth-order valence-corrected chi connectivity index (χ4v) is 3.77. The Morgan fingerprint density at radius 1 is 1.38 bits per heavy atom. The lowest BCUT2D eigenvalue weighted by atomic mass is 9.89. The molecule has 3 N–H and O–H groups in total. The van der Waals surface area contributed by atoms with Crippen LogP contribution in [0.3, 0.4) is 0 Å². The lowest BCUT2D eigenvalue weighted by molar-refractivity contribution is -0.127. The first-order valence-electron chi connectivity index (χ1n) is 8.43. The molecule has 1 amide bonds. The molecule has 0 bridgehead atoms. The topological polar surface area (TPSA) is 61.6 Å². The van der Waals surface area contributed by atoms with Crippen molar-refractivity contribution in [3.63, 3.8) is 0 Å². The first kappa shape index (κ1) is 16.7. The highest BCUT2D eigenvalue weighted by atomic mass is 16.1. The third kappa shape index (κ3) is 3.76. The highest BCUT2D eigenvalue weighted by Gasteiger charge is 2.51. The molecule has 1 heterocycles. The minimum atomic E-state index is -0.539. The van der Waals surface area contributed by atoms with Gasteiger partial charge < -0.3 is 5.73 Å². The van der Waals surface area contributed by atoms with Gasteiger partial charge in [0.1, 0.15) is 5.54 Å². The van der Waals surface area contributed by atoms with E-state index in [1.807, 2.05) is 0 Å². The largest absolute Gasteiger partial charge is 0.368 e. The van der Waals surface area contributed by atoms with Gasteiger partial charge in [0.15, 0.2) is 0 Å². The third-order valence-electron chi connectivity index (χ3n) is 4.99. The molecular weight excluding hydrogens is 264 g/mol. The Morgan fingerprint density at radius 3 is 2.48 bits per heavy atom. The number of carbonyl (C=O) groups excluding carboxylic acids is 1. The number of likely N-dealkylation sites (N-methyl/N-ethyl adjacent to an activating group) is 1. The summed E-state index contributed by atoms with van der Waals surface area (Å²) in [5, 5.41) is 3.51. The van der Waals surface area contributed by atoms with Crippen LogP contribution in [0.5, 0.6) is 0 Å². The van der Waals surface area contributed by atoms with Crippen molar-refractivity contribution in [1.29, 1.82) is 0 Å². The fraction of sp³-hybridized carbons (Fsp3) is 0.938. The number of nitrogens with one attached hydrogen (secondary N) is 1.